The van der Waals surface area contributed by atoms with Crippen LogP contribution < -0.4 is 0 Å². The van der Waals surface area contributed by atoms with Crippen molar-refractivity contribution in [2.75, 3.05) is 20.4 Å². The number of carbonyl (C=O) groups excluding carboxylic acids is 1. The van der Waals surface area contributed by atoms with Gasteiger partial charge < -0.3 is 4.90 Å². The molecular weight excluding hydrogens is 250 g/mol. The topological polar surface area (TPSA) is 54.5 Å². The van der Waals surface area contributed by atoms with Crippen LogP contribution in [0.25, 0.3) is 0 Å². The third kappa shape index (κ3) is 2.74. The Bertz CT molecular complexity index is 523. The molecule has 6 heteroatoms. The van der Waals surface area contributed by atoms with Gasteiger partial charge in [-0.2, -0.15) is 0 Å². The predicted octanol–water partition coefficient (Wildman–Crippen LogP) is 1.45. The number of rotatable bonds is 2. The Morgan fingerprint density at radius 2 is 1.88 bits per heavy atom. The molecule has 0 bridgehead atoms. The van der Waals surface area contributed by atoms with Gasteiger partial charge in [-0.05, 0) is 18.2 Å². The van der Waals surface area contributed by atoms with Gasteiger partial charge in [0.2, 0.25) is 0 Å². The smallest absolute Gasteiger partial charge is 0.254 e. The van der Waals surface area contributed by atoms with E-state index in [1.54, 1.807) is 14.1 Å². The monoisotopic (exact) mass is 261 g/mol. The van der Waals surface area contributed by atoms with E-state index in [1.165, 1.54) is 23.1 Å². The zero-order valence-electron chi connectivity index (χ0n) is 9.19. The van der Waals surface area contributed by atoms with Crippen LogP contribution in [0.15, 0.2) is 23.1 Å². The summed E-state index contributed by atoms with van der Waals surface area (Å²) in [4.78, 5) is 13.1. The molecule has 1 aromatic rings. The van der Waals surface area contributed by atoms with Crippen molar-refractivity contribution in [3.8, 4) is 0 Å². The molecular formula is C10H12ClNO3S. The summed E-state index contributed by atoms with van der Waals surface area (Å²) in [6, 6.07) is 4.08. The second-order valence-corrected chi connectivity index (χ2v) is 6.04. The number of sulfone groups is 1. The summed E-state index contributed by atoms with van der Waals surface area (Å²) < 4.78 is 22.5. The third-order valence-electron chi connectivity index (χ3n) is 2.01. The van der Waals surface area contributed by atoms with Crippen LogP contribution in [0.4, 0.5) is 0 Å². The first-order valence-corrected chi connectivity index (χ1v) is 6.71. The van der Waals surface area contributed by atoms with Crippen LogP contribution in [0.3, 0.4) is 0 Å². The summed E-state index contributed by atoms with van der Waals surface area (Å²) in [7, 11) is -0.0967. The Hall–Kier alpha value is -1.07. The van der Waals surface area contributed by atoms with Crippen molar-refractivity contribution in [2.24, 2.45) is 0 Å². The van der Waals surface area contributed by atoms with Gasteiger partial charge >= 0.3 is 0 Å². The van der Waals surface area contributed by atoms with Gasteiger partial charge in [-0.15, -0.1) is 0 Å². The van der Waals surface area contributed by atoms with Crippen molar-refractivity contribution < 1.29 is 13.2 Å². The van der Waals surface area contributed by atoms with E-state index in [0.29, 0.717) is 5.56 Å². The fraction of sp³-hybridized carbons (Fsp3) is 0.300. The number of halogens is 1. The van der Waals surface area contributed by atoms with Crippen molar-refractivity contribution in [1.29, 1.82) is 0 Å². The van der Waals surface area contributed by atoms with E-state index in [1.807, 2.05) is 0 Å². The molecule has 0 aromatic heterocycles. The van der Waals surface area contributed by atoms with Crippen LogP contribution in [0.2, 0.25) is 5.02 Å². The van der Waals surface area contributed by atoms with E-state index in [2.05, 4.69) is 0 Å². The van der Waals surface area contributed by atoms with E-state index in [0.717, 1.165) is 6.26 Å². The molecule has 4 nitrogen and oxygen atoms in total. The molecule has 0 heterocycles. The van der Waals surface area contributed by atoms with Gasteiger partial charge in [0.15, 0.2) is 9.84 Å². The number of hydrogen-bond donors (Lipinski definition) is 0. The minimum absolute atomic E-state index is 0.104. The highest BCUT2D eigenvalue weighted by Crippen LogP contribution is 2.21. The Kier molecular flexibility index (Phi) is 3.60. The third-order valence-corrected chi connectivity index (χ3v) is 3.43. The van der Waals surface area contributed by atoms with Crippen LogP contribution in [-0.4, -0.2) is 39.6 Å². The molecule has 0 radical (unpaired) electrons. The quantitative estimate of drug-likeness (QED) is 0.810. The largest absolute Gasteiger partial charge is 0.345 e. The molecule has 1 aromatic carbocycles. The SMILES string of the molecule is CN(C)C(=O)c1ccc(S(C)(=O)=O)cc1Cl. The van der Waals surface area contributed by atoms with Gasteiger partial charge in [-0.3, -0.25) is 4.79 Å². The average Bonchev–Trinajstić information content (AvgIpc) is 2.15. The fourth-order valence-corrected chi connectivity index (χ4v) is 2.11. The number of benzene rings is 1. The lowest BCUT2D eigenvalue weighted by atomic mass is 10.2. The molecule has 0 saturated heterocycles. The number of nitrogens with zero attached hydrogens (tertiary/aromatic N) is 1. The van der Waals surface area contributed by atoms with Gasteiger partial charge in [-0.1, -0.05) is 11.6 Å². The normalized spacial score (nSPS) is 11.2. The van der Waals surface area contributed by atoms with Gasteiger partial charge in [0.1, 0.15) is 0 Å². The van der Waals surface area contributed by atoms with Crippen LogP contribution in [0, 0.1) is 0 Å². The molecule has 88 valence electrons. The lowest BCUT2D eigenvalue weighted by Crippen LogP contribution is -2.22. The predicted molar refractivity (Wildman–Crippen MR) is 62.6 cm³/mol. The van der Waals surface area contributed by atoms with Crippen LogP contribution >= 0.6 is 11.6 Å². The first kappa shape index (κ1) is 13.0. The Balaban J connectivity index is 3.26. The van der Waals surface area contributed by atoms with Crippen molar-refractivity contribution in [1.82, 2.24) is 4.90 Å². The van der Waals surface area contributed by atoms with Gasteiger partial charge in [0, 0.05) is 20.4 Å². The minimum atomic E-state index is -3.30. The molecule has 0 aliphatic carbocycles. The van der Waals surface area contributed by atoms with E-state index in [-0.39, 0.29) is 15.8 Å². The van der Waals surface area contributed by atoms with E-state index in [9.17, 15) is 13.2 Å². The maximum atomic E-state index is 11.6. The summed E-state index contributed by atoms with van der Waals surface area (Å²) in [5.41, 5.74) is 0.291. The van der Waals surface area contributed by atoms with E-state index in [4.69, 9.17) is 11.6 Å². The molecule has 0 spiro atoms. The maximum absolute atomic E-state index is 11.6. The molecule has 0 fully saturated rings. The Morgan fingerprint density at radius 1 is 1.31 bits per heavy atom. The summed E-state index contributed by atoms with van der Waals surface area (Å²) >= 11 is 5.86. The van der Waals surface area contributed by atoms with Crippen LogP contribution in [0.1, 0.15) is 10.4 Å². The standard InChI is InChI=1S/C10H12ClNO3S/c1-12(2)10(13)8-5-4-7(6-9(8)11)16(3,14)15/h4-6H,1-3H3. The summed E-state index contributed by atoms with van der Waals surface area (Å²) in [6.07, 6.45) is 1.09. The Morgan fingerprint density at radius 3 is 2.25 bits per heavy atom. The summed E-state index contributed by atoms with van der Waals surface area (Å²) in [6.45, 7) is 0. The number of carbonyl (C=O) groups is 1. The van der Waals surface area contributed by atoms with Gasteiger partial charge in [-0.25, -0.2) is 8.42 Å². The van der Waals surface area contributed by atoms with Crippen molar-refractivity contribution in [2.45, 2.75) is 4.90 Å². The lowest BCUT2D eigenvalue weighted by Gasteiger charge is -2.11. The van der Waals surface area contributed by atoms with Gasteiger partial charge in [0.05, 0.1) is 15.5 Å². The van der Waals surface area contributed by atoms with Crippen molar-refractivity contribution in [3.05, 3.63) is 28.8 Å². The van der Waals surface area contributed by atoms with Crippen molar-refractivity contribution >= 4 is 27.3 Å². The summed E-state index contributed by atoms with van der Waals surface area (Å²) in [5, 5.41) is 0.140. The number of amides is 1. The molecule has 0 atom stereocenters. The summed E-state index contributed by atoms with van der Waals surface area (Å²) in [5.74, 6) is -0.259. The molecule has 0 unspecified atom stereocenters. The number of hydrogen-bond acceptors (Lipinski definition) is 3. The highest BCUT2D eigenvalue weighted by atomic mass is 35.5. The molecule has 1 amide bonds. The van der Waals surface area contributed by atoms with Gasteiger partial charge in [0.25, 0.3) is 5.91 Å². The molecule has 1 rings (SSSR count). The maximum Gasteiger partial charge on any atom is 0.254 e. The second kappa shape index (κ2) is 4.43. The lowest BCUT2D eigenvalue weighted by molar-refractivity contribution is 0.0827. The van der Waals surface area contributed by atoms with Crippen LogP contribution in [0.5, 0.6) is 0 Å². The average molecular weight is 262 g/mol. The molecule has 16 heavy (non-hydrogen) atoms. The van der Waals surface area contributed by atoms with E-state index >= 15 is 0 Å². The van der Waals surface area contributed by atoms with Crippen molar-refractivity contribution in [3.63, 3.8) is 0 Å². The van der Waals surface area contributed by atoms with E-state index < -0.39 is 9.84 Å². The molecule has 0 aliphatic heterocycles. The van der Waals surface area contributed by atoms with Crippen LogP contribution in [-0.2, 0) is 9.84 Å². The first-order valence-electron chi connectivity index (χ1n) is 4.44. The first-order chi connectivity index (χ1) is 7.23. The molecule has 0 N–H and O–H groups in total. The Labute approximate surface area is 99.7 Å². The second-order valence-electron chi connectivity index (χ2n) is 3.61. The minimum Gasteiger partial charge on any atom is -0.345 e. The molecule has 0 aliphatic rings. The highest BCUT2D eigenvalue weighted by Gasteiger charge is 2.15. The fourth-order valence-electron chi connectivity index (χ4n) is 1.14. The highest BCUT2D eigenvalue weighted by molar-refractivity contribution is 7.90. The zero-order chi connectivity index (χ0) is 12.5. The molecule has 0 saturated carbocycles. The zero-order valence-corrected chi connectivity index (χ0v) is 10.8.